The number of carbonyl (C=O) groups is 1. The fraction of sp³-hybridized carbons (Fsp3) is 0.125. The van der Waals surface area contributed by atoms with Crippen LogP contribution in [-0.2, 0) is 12.8 Å². The van der Waals surface area contributed by atoms with Crippen LogP contribution >= 0.6 is 0 Å². The number of anilines is 1. The van der Waals surface area contributed by atoms with E-state index in [9.17, 15) is 4.79 Å². The van der Waals surface area contributed by atoms with Crippen molar-refractivity contribution in [3.8, 4) is 0 Å². The number of hydrogen-bond donors (Lipinski definition) is 1. The Hall–Kier alpha value is -3.13. The quantitative estimate of drug-likeness (QED) is 0.811. The van der Waals surface area contributed by atoms with Gasteiger partial charge in [-0.25, -0.2) is 0 Å². The minimum absolute atomic E-state index is 0.107. The molecule has 0 saturated carbocycles. The Morgan fingerprint density at radius 3 is 2.65 bits per heavy atom. The summed E-state index contributed by atoms with van der Waals surface area (Å²) in [5.74, 6) is 0.107. The number of Topliss-reactive ketones (excluding diaryl/α,β-unsaturated/α-hetero) is 1. The largest absolute Gasteiger partial charge is 0.353 e. The second-order valence-corrected chi connectivity index (χ2v) is 6.91. The van der Waals surface area contributed by atoms with Crippen LogP contribution in [-0.4, -0.2) is 5.78 Å². The van der Waals surface area contributed by atoms with Gasteiger partial charge in [-0.1, -0.05) is 60.7 Å². The molecule has 3 aliphatic rings. The fourth-order valence-corrected chi connectivity index (χ4v) is 4.10. The van der Waals surface area contributed by atoms with Gasteiger partial charge in [-0.15, -0.1) is 0 Å². The van der Waals surface area contributed by atoms with Gasteiger partial charge in [-0.2, -0.15) is 0 Å². The molecule has 26 heavy (non-hydrogen) atoms. The highest BCUT2D eigenvalue weighted by Gasteiger charge is 2.28. The van der Waals surface area contributed by atoms with Crippen LogP contribution in [0.3, 0.4) is 0 Å². The standard InChI is InChI=1S/C24H19NO/c26-24-22(25-18-7-2-1-3-8-18)15-12-17-11-13-20-19-9-5-4-6-16(19)10-14-21(20)23(17)24/h1-5,7-11,13,15,25H,6,12,14H2. The summed E-state index contributed by atoms with van der Waals surface area (Å²) in [7, 11) is 0. The van der Waals surface area contributed by atoms with Gasteiger partial charge in [0.05, 0.1) is 5.70 Å². The summed E-state index contributed by atoms with van der Waals surface area (Å²) in [6, 6.07) is 14.2. The maximum Gasteiger partial charge on any atom is 0.209 e. The zero-order valence-electron chi connectivity index (χ0n) is 14.5. The van der Waals surface area contributed by atoms with Gasteiger partial charge in [0.1, 0.15) is 0 Å². The molecule has 0 unspecified atom stereocenters. The number of allylic oxidation sites excluding steroid dienone is 8. The minimum atomic E-state index is 0.107. The smallest absolute Gasteiger partial charge is 0.209 e. The van der Waals surface area contributed by atoms with Crippen LogP contribution in [0.4, 0.5) is 5.69 Å². The van der Waals surface area contributed by atoms with E-state index >= 15 is 0 Å². The average molecular weight is 337 g/mol. The maximum absolute atomic E-state index is 13.3. The van der Waals surface area contributed by atoms with E-state index in [0.29, 0.717) is 5.70 Å². The van der Waals surface area contributed by atoms with E-state index in [4.69, 9.17) is 0 Å². The van der Waals surface area contributed by atoms with Crippen LogP contribution in [0.25, 0.3) is 5.57 Å². The van der Waals surface area contributed by atoms with Gasteiger partial charge in [-0.3, -0.25) is 4.79 Å². The highest BCUT2D eigenvalue weighted by atomic mass is 16.1. The lowest BCUT2D eigenvalue weighted by atomic mass is 9.77. The topological polar surface area (TPSA) is 29.1 Å². The molecule has 0 spiro atoms. The van der Waals surface area contributed by atoms with Crippen molar-refractivity contribution in [3.05, 3.63) is 106 Å². The maximum atomic E-state index is 13.3. The summed E-state index contributed by atoms with van der Waals surface area (Å²) < 4.78 is 0. The molecule has 0 fully saturated rings. The van der Waals surface area contributed by atoms with Gasteiger partial charge >= 0.3 is 0 Å². The predicted molar refractivity (Wildman–Crippen MR) is 106 cm³/mol. The Kier molecular flexibility index (Phi) is 3.49. The predicted octanol–water partition coefficient (Wildman–Crippen LogP) is 5.25. The fourth-order valence-electron chi connectivity index (χ4n) is 4.10. The van der Waals surface area contributed by atoms with Crippen molar-refractivity contribution in [1.29, 1.82) is 0 Å². The highest BCUT2D eigenvalue weighted by molar-refractivity contribution is 6.14. The number of fused-ring (bicyclic) bond motifs is 5. The van der Waals surface area contributed by atoms with Crippen molar-refractivity contribution in [2.75, 3.05) is 5.32 Å². The van der Waals surface area contributed by atoms with Crippen LogP contribution < -0.4 is 5.32 Å². The first kappa shape index (κ1) is 15.2. The van der Waals surface area contributed by atoms with Crippen molar-refractivity contribution in [2.24, 2.45) is 0 Å². The molecular weight excluding hydrogens is 318 g/mol. The van der Waals surface area contributed by atoms with Gasteiger partial charge in [-0.05, 0) is 59.2 Å². The monoisotopic (exact) mass is 337 g/mol. The Balaban J connectivity index is 1.56. The number of nitrogens with one attached hydrogen (secondary N) is 1. The number of carbonyl (C=O) groups excluding carboxylic acids is 1. The number of hydrogen-bond acceptors (Lipinski definition) is 2. The van der Waals surface area contributed by atoms with Gasteiger partial charge in [0, 0.05) is 11.3 Å². The zero-order chi connectivity index (χ0) is 17.5. The molecule has 0 aromatic heterocycles. The number of ketones is 1. The Morgan fingerprint density at radius 1 is 0.885 bits per heavy atom. The van der Waals surface area contributed by atoms with Crippen molar-refractivity contribution >= 4 is 17.0 Å². The Bertz CT molecular complexity index is 1040. The van der Waals surface area contributed by atoms with Crippen molar-refractivity contribution in [1.82, 2.24) is 0 Å². The third-order valence-electron chi connectivity index (χ3n) is 5.38. The van der Waals surface area contributed by atoms with Crippen LogP contribution in [0.15, 0.2) is 84.1 Å². The normalized spacial score (nSPS) is 17.4. The van der Waals surface area contributed by atoms with Crippen LogP contribution in [0.1, 0.15) is 33.5 Å². The minimum Gasteiger partial charge on any atom is -0.353 e. The molecular formula is C24H19NO. The van der Waals surface area contributed by atoms with E-state index in [1.54, 1.807) is 0 Å². The summed E-state index contributed by atoms with van der Waals surface area (Å²) in [4.78, 5) is 13.3. The molecule has 0 aliphatic heterocycles. The molecule has 2 aromatic rings. The van der Waals surface area contributed by atoms with E-state index in [1.807, 2.05) is 36.4 Å². The second kappa shape index (κ2) is 5.99. The van der Waals surface area contributed by atoms with Gasteiger partial charge in [0.25, 0.3) is 0 Å². The van der Waals surface area contributed by atoms with Crippen LogP contribution in [0.2, 0.25) is 0 Å². The number of rotatable bonds is 2. The van der Waals surface area contributed by atoms with E-state index < -0.39 is 0 Å². The second-order valence-electron chi connectivity index (χ2n) is 6.91. The number of para-hydroxylation sites is 1. The molecule has 0 amide bonds. The van der Waals surface area contributed by atoms with Crippen molar-refractivity contribution in [2.45, 2.75) is 19.3 Å². The Labute approximate surface area is 153 Å². The van der Waals surface area contributed by atoms with Crippen LogP contribution in [0.5, 0.6) is 0 Å². The summed E-state index contributed by atoms with van der Waals surface area (Å²) in [6.45, 7) is 0. The summed E-state index contributed by atoms with van der Waals surface area (Å²) >= 11 is 0. The molecule has 2 aromatic carbocycles. The van der Waals surface area contributed by atoms with E-state index in [2.05, 4.69) is 41.8 Å². The lowest BCUT2D eigenvalue weighted by molar-refractivity contribution is 0.103. The van der Waals surface area contributed by atoms with E-state index in [0.717, 1.165) is 36.1 Å². The molecule has 1 N–H and O–H groups in total. The lowest BCUT2D eigenvalue weighted by Gasteiger charge is -2.27. The van der Waals surface area contributed by atoms with Crippen LogP contribution in [0, 0.1) is 0 Å². The Morgan fingerprint density at radius 2 is 1.77 bits per heavy atom. The van der Waals surface area contributed by atoms with Gasteiger partial charge < -0.3 is 5.32 Å². The molecule has 0 saturated heterocycles. The molecule has 3 aliphatic carbocycles. The summed E-state index contributed by atoms with van der Waals surface area (Å²) in [6.07, 6.45) is 13.4. The van der Waals surface area contributed by atoms with E-state index in [-0.39, 0.29) is 5.78 Å². The lowest BCUT2D eigenvalue weighted by Crippen LogP contribution is -2.21. The molecule has 0 bridgehead atoms. The molecule has 126 valence electrons. The van der Waals surface area contributed by atoms with Crippen molar-refractivity contribution < 1.29 is 4.79 Å². The molecule has 0 radical (unpaired) electrons. The SMILES string of the molecule is O=C1C(Nc2ccccc2)=CCc2ccc3c(c21)CC=C1CC=CC=C13. The summed E-state index contributed by atoms with van der Waals surface area (Å²) in [5, 5.41) is 3.31. The first-order valence-electron chi connectivity index (χ1n) is 9.09. The number of benzene rings is 2. The van der Waals surface area contributed by atoms with E-state index in [1.165, 1.54) is 22.3 Å². The first-order valence-corrected chi connectivity index (χ1v) is 9.09. The molecule has 0 heterocycles. The zero-order valence-corrected chi connectivity index (χ0v) is 14.5. The molecule has 5 rings (SSSR count). The van der Waals surface area contributed by atoms with Crippen molar-refractivity contribution in [3.63, 3.8) is 0 Å². The average Bonchev–Trinajstić information content (AvgIpc) is 2.70. The third-order valence-corrected chi connectivity index (χ3v) is 5.38. The van der Waals surface area contributed by atoms with Gasteiger partial charge in [0.15, 0.2) is 0 Å². The molecule has 2 nitrogen and oxygen atoms in total. The van der Waals surface area contributed by atoms with Gasteiger partial charge in [0.2, 0.25) is 5.78 Å². The highest BCUT2D eigenvalue weighted by Crippen LogP contribution is 2.39. The first-order chi connectivity index (χ1) is 12.8. The third kappa shape index (κ3) is 2.38. The summed E-state index contributed by atoms with van der Waals surface area (Å²) in [5.41, 5.74) is 8.72. The molecule has 0 atom stereocenters. The molecule has 2 heteroatoms.